The van der Waals surface area contributed by atoms with Crippen molar-refractivity contribution in [1.82, 2.24) is 20.6 Å². The monoisotopic (exact) mass is 424 g/mol. The van der Waals surface area contributed by atoms with Crippen LogP contribution in [-0.4, -0.2) is 20.2 Å². The highest BCUT2D eigenvalue weighted by Gasteiger charge is 2.41. The minimum absolute atomic E-state index is 0.216. The molecule has 0 aliphatic carbocycles. The highest BCUT2D eigenvalue weighted by atomic mass is 16.3. The number of piperazine rings is 1. The lowest BCUT2D eigenvalue weighted by Crippen LogP contribution is -2.49. The molecule has 1 fully saturated rings. The van der Waals surface area contributed by atoms with E-state index in [0.717, 1.165) is 22.5 Å². The van der Waals surface area contributed by atoms with E-state index < -0.39 is 0 Å². The van der Waals surface area contributed by atoms with Crippen LogP contribution in [0.2, 0.25) is 0 Å². The van der Waals surface area contributed by atoms with Gasteiger partial charge in [0.15, 0.2) is 0 Å². The molecule has 0 saturated carbocycles. The van der Waals surface area contributed by atoms with Crippen LogP contribution >= 0.6 is 0 Å². The number of nitrogens with zero attached hydrogens (tertiary/aromatic N) is 2. The summed E-state index contributed by atoms with van der Waals surface area (Å²) in [5.41, 5.74) is 3.22. The second kappa shape index (κ2) is 8.78. The molecule has 2 aromatic carbocycles. The number of aromatic nitrogens is 2. The molecule has 160 valence electrons. The Labute approximate surface area is 186 Å². The number of para-hydroxylation sites is 2. The van der Waals surface area contributed by atoms with Crippen molar-refractivity contribution in [3.63, 3.8) is 0 Å². The molecular weight excluding hydrogens is 400 g/mol. The Morgan fingerprint density at radius 3 is 1.28 bits per heavy atom. The van der Waals surface area contributed by atoms with Gasteiger partial charge in [0.1, 0.15) is 11.5 Å². The predicted octanol–water partition coefficient (Wildman–Crippen LogP) is 4.35. The zero-order valence-electron chi connectivity index (χ0n) is 17.3. The van der Waals surface area contributed by atoms with Gasteiger partial charge in [0.25, 0.3) is 0 Å². The minimum Gasteiger partial charge on any atom is -0.508 e. The first kappa shape index (κ1) is 20.2. The SMILES string of the molecule is Oc1ccccc1C1NC(c2ccccn2)C(c2ccccc2O)NC1c1ccccn1. The maximum atomic E-state index is 10.7. The average Bonchev–Trinajstić information content (AvgIpc) is 2.85. The summed E-state index contributed by atoms with van der Waals surface area (Å²) in [5.74, 6) is 0.432. The zero-order chi connectivity index (χ0) is 21.9. The van der Waals surface area contributed by atoms with E-state index in [1.807, 2.05) is 72.8 Å². The molecule has 2 aromatic heterocycles. The summed E-state index contributed by atoms with van der Waals surface area (Å²) in [6.07, 6.45) is 3.53. The summed E-state index contributed by atoms with van der Waals surface area (Å²) < 4.78 is 0. The normalized spacial score (nSPS) is 23.0. The third kappa shape index (κ3) is 3.82. The first-order valence-corrected chi connectivity index (χ1v) is 10.6. The standard InChI is InChI=1S/C26H24N4O2/c31-21-13-3-1-9-17(21)23-25(19-11-5-7-15-27-19)30-24(18-10-2-4-14-22(18)32)26(29-23)20-12-6-8-16-28-20/h1-16,23-26,29-32H. The molecule has 0 amide bonds. The van der Waals surface area contributed by atoms with Crippen LogP contribution in [0.5, 0.6) is 11.5 Å². The third-order valence-electron chi connectivity index (χ3n) is 5.94. The Bertz CT molecular complexity index is 1090. The molecule has 4 aromatic rings. The average molecular weight is 425 g/mol. The molecule has 0 bridgehead atoms. The largest absolute Gasteiger partial charge is 0.508 e. The van der Waals surface area contributed by atoms with Gasteiger partial charge >= 0.3 is 0 Å². The van der Waals surface area contributed by atoms with Crippen molar-refractivity contribution < 1.29 is 10.2 Å². The van der Waals surface area contributed by atoms with Gasteiger partial charge in [-0.3, -0.25) is 20.6 Å². The van der Waals surface area contributed by atoms with Gasteiger partial charge in [-0.15, -0.1) is 0 Å². The second-order valence-corrected chi connectivity index (χ2v) is 7.87. The summed E-state index contributed by atoms with van der Waals surface area (Å²) in [5, 5.41) is 28.8. The van der Waals surface area contributed by atoms with Crippen LogP contribution in [0.4, 0.5) is 0 Å². The fourth-order valence-corrected chi connectivity index (χ4v) is 4.44. The number of rotatable bonds is 4. The molecule has 4 atom stereocenters. The Kier molecular flexibility index (Phi) is 5.54. The molecule has 4 unspecified atom stereocenters. The summed E-state index contributed by atoms with van der Waals surface area (Å²) in [4.78, 5) is 9.19. The maximum absolute atomic E-state index is 10.7. The van der Waals surface area contributed by atoms with Gasteiger partial charge in [-0.1, -0.05) is 48.5 Å². The Balaban J connectivity index is 1.65. The van der Waals surface area contributed by atoms with E-state index in [2.05, 4.69) is 20.6 Å². The van der Waals surface area contributed by atoms with Gasteiger partial charge in [-0.2, -0.15) is 0 Å². The van der Waals surface area contributed by atoms with Crippen molar-refractivity contribution in [2.75, 3.05) is 0 Å². The number of hydrogen-bond donors (Lipinski definition) is 4. The second-order valence-electron chi connectivity index (χ2n) is 7.87. The molecule has 4 N–H and O–H groups in total. The van der Waals surface area contributed by atoms with Crippen LogP contribution in [0.3, 0.4) is 0 Å². The summed E-state index contributed by atoms with van der Waals surface area (Å²) in [6.45, 7) is 0. The molecule has 5 rings (SSSR count). The molecular formula is C26H24N4O2. The highest BCUT2D eigenvalue weighted by molar-refractivity contribution is 5.41. The Hall–Kier alpha value is -3.74. The van der Waals surface area contributed by atoms with Crippen LogP contribution in [0.15, 0.2) is 97.3 Å². The molecule has 0 radical (unpaired) electrons. The first-order chi connectivity index (χ1) is 15.7. The van der Waals surface area contributed by atoms with Gasteiger partial charge in [-0.05, 0) is 36.4 Å². The lowest BCUT2D eigenvalue weighted by Gasteiger charge is -2.44. The predicted molar refractivity (Wildman–Crippen MR) is 122 cm³/mol. The van der Waals surface area contributed by atoms with Crippen molar-refractivity contribution in [2.45, 2.75) is 24.2 Å². The number of phenolic OH excluding ortho intramolecular Hbond substituents is 2. The topological polar surface area (TPSA) is 90.3 Å². The van der Waals surface area contributed by atoms with Crippen molar-refractivity contribution in [3.8, 4) is 11.5 Å². The van der Waals surface area contributed by atoms with Crippen molar-refractivity contribution >= 4 is 0 Å². The first-order valence-electron chi connectivity index (χ1n) is 10.6. The van der Waals surface area contributed by atoms with Crippen LogP contribution in [0.1, 0.15) is 46.7 Å². The number of nitrogens with one attached hydrogen (secondary N) is 2. The lowest BCUT2D eigenvalue weighted by molar-refractivity contribution is 0.201. The molecule has 6 heteroatoms. The quantitative estimate of drug-likeness (QED) is 0.390. The van der Waals surface area contributed by atoms with Crippen LogP contribution in [0, 0.1) is 0 Å². The fourth-order valence-electron chi connectivity index (χ4n) is 4.44. The lowest BCUT2D eigenvalue weighted by atomic mass is 9.85. The Morgan fingerprint density at radius 1 is 0.500 bits per heavy atom. The van der Waals surface area contributed by atoms with Gasteiger partial charge < -0.3 is 10.2 Å². The van der Waals surface area contributed by atoms with Crippen LogP contribution in [0.25, 0.3) is 0 Å². The summed E-state index contributed by atoms with van der Waals surface area (Å²) >= 11 is 0. The molecule has 3 heterocycles. The summed E-state index contributed by atoms with van der Waals surface area (Å²) in [7, 11) is 0. The third-order valence-corrected chi connectivity index (χ3v) is 5.94. The molecule has 32 heavy (non-hydrogen) atoms. The number of hydrogen-bond acceptors (Lipinski definition) is 6. The van der Waals surface area contributed by atoms with Crippen LogP contribution < -0.4 is 10.6 Å². The van der Waals surface area contributed by atoms with Crippen molar-refractivity contribution in [3.05, 3.63) is 120 Å². The van der Waals surface area contributed by atoms with E-state index in [1.54, 1.807) is 24.5 Å². The molecule has 0 spiro atoms. The number of pyridine rings is 2. The fraction of sp³-hybridized carbons (Fsp3) is 0.154. The van der Waals surface area contributed by atoms with E-state index in [1.165, 1.54) is 0 Å². The maximum Gasteiger partial charge on any atom is 0.120 e. The molecule has 6 nitrogen and oxygen atoms in total. The van der Waals surface area contributed by atoms with E-state index in [9.17, 15) is 10.2 Å². The zero-order valence-corrected chi connectivity index (χ0v) is 17.3. The van der Waals surface area contributed by atoms with Gasteiger partial charge in [-0.25, -0.2) is 0 Å². The minimum atomic E-state index is -0.278. The van der Waals surface area contributed by atoms with E-state index >= 15 is 0 Å². The summed E-state index contributed by atoms with van der Waals surface area (Å²) in [6, 6.07) is 25.2. The number of aromatic hydroxyl groups is 2. The van der Waals surface area contributed by atoms with Crippen molar-refractivity contribution in [2.24, 2.45) is 0 Å². The highest BCUT2D eigenvalue weighted by Crippen LogP contribution is 2.45. The van der Waals surface area contributed by atoms with Gasteiger partial charge in [0.05, 0.1) is 35.6 Å². The number of phenols is 2. The molecule has 1 aliphatic rings. The van der Waals surface area contributed by atoms with E-state index in [-0.39, 0.29) is 35.7 Å². The van der Waals surface area contributed by atoms with Gasteiger partial charge in [0.2, 0.25) is 0 Å². The molecule has 1 saturated heterocycles. The van der Waals surface area contributed by atoms with Crippen LogP contribution in [-0.2, 0) is 0 Å². The van der Waals surface area contributed by atoms with E-state index in [4.69, 9.17) is 0 Å². The Morgan fingerprint density at radius 2 is 0.906 bits per heavy atom. The van der Waals surface area contributed by atoms with Crippen molar-refractivity contribution in [1.29, 1.82) is 0 Å². The number of benzene rings is 2. The smallest absolute Gasteiger partial charge is 0.120 e. The van der Waals surface area contributed by atoms with E-state index in [0.29, 0.717) is 0 Å². The van der Waals surface area contributed by atoms with Gasteiger partial charge in [0, 0.05) is 23.5 Å². The molecule has 1 aliphatic heterocycles.